The Morgan fingerprint density at radius 2 is 1.86 bits per heavy atom. The van der Waals surface area contributed by atoms with Crippen LogP contribution in [0.25, 0.3) is 11.5 Å². The second-order valence-electron chi connectivity index (χ2n) is 8.27. The van der Waals surface area contributed by atoms with Crippen LogP contribution in [0.15, 0.2) is 52.9 Å². The molecule has 1 spiro atoms. The summed E-state index contributed by atoms with van der Waals surface area (Å²) in [5.74, 6) is 1.20. The average Bonchev–Trinajstić information content (AvgIpc) is 3.32. The van der Waals surface area contributed by atoms with Crippen LogP contribution in [0.4, 0.5) is 0 Å². The lowest BCUT2D eigenvalue weighted by molar-refractivity contribution is 0.0110. The average molecular weight is 389 g/mol. The zero-order valence-corrected chi connectivity index (χ0v) is 16.6. The van der Waals surface area contributed by atoms with Crippen LogP contribution in [-0.2, 0) is 0 Å². The summed E-state index contributed by atoms with van der Waals surface area (Å²) >= 11 is 0. The molecule has 7 nitrogen and oxygen atoms in total. The molecule has 1 amide bonds. The van der Waals surface area contributed by atoms with Crippen molar-refractivity contribution in [2.75, 3.05) is 26.7 Å². The largest absolute Gasteiger partial charge is 0.419 e. The van der Waals surface area contributed by atoms with Gasteiger partial charge in [0, 0.05) is 36.3 Å². The van der Waals surface area contributed by atoms with Gasteiger partial charge in [-0.25, -0.2) is 4.98 Å². The minimum atomic E-state index is 0.00887. The normalized spacial score (nSPS) is 20.8. The molecule has 0 saturated carbocycles. The van der Waals surface area contributed by atoms with E-state index in [1.54, 1.807) is 6.07 Å². The lowest BCUT2D eigenvalue weighted by atomic mass is 9.77. The SMILES string of the molecule is Cc1cccc(C(=O)N2CC3(C[C@@H](c4nnc(-c5ccccc5)o4)N(C)C3)C2)n1. The van der Waals surface area contributed by atoms with Crippen LogP contribution < -0.4 is 0 Å². The van der Waals surface area contributed by atoms with Crippen LogP contribution in [0, 0.1) is 12.3 Å². The van der Waals surface area contributed by atoms with E-state index in [0.29, 0.717) is 17.5 Å². The van der Waals surface area contributed by atoms with E-state index >= 15 is 0 Å². The Balaban J connectivity index is 1.28. The van der Waals surface area contributed by atoms with Gasteiger partial charge < -0.3 is 9.32 Å². The summed E-state index contributed by atoms with van der Waals surface area (Å²) in [6, 6.07) is 15.5. The molecule has 2 aromatic heterocycles. The maximum atomic E-state index is 12.7. The molecule has 0 N–H and O–H groups in total. The maximum Gasteiger partial charge on any atom is 0.272 e. The summed E-state index contributed by atoms with van der Waals surface area (Å²) in [6.07, 6.45) is 0.908. The second kappa shape index (κ2) is 6.77. The molecule has 2 saturated heterocycles. The molecule has 1 atom stereocenters. The molecule has 3 aromatic rings. The van der Waals surface area contributed by atoms with E-state index in [2.05, 4.69) is 27.1 Å². The number of carbonyl (C=O) groups is 1. The fourth-order valence-electron chi connectivity index (χ4n) is 4.57. The van der Waals surface area contributed by atoms with Crippen molar-refractivity contribution < 1.29 is 9.21 Å². The van der Waals surface area contributed by atoms with E-state index in [4.69, 9.17) is 4.42 Å². The van der Waals surface area contributed by atoms with Gasteiger partial charge in [-0.2, -0.15) is 0 Å². The van der Waals surface area contributed by atoms with Gasteiger partial charge >= 0.3 is 0 Å². The number of pyridine rings is 1. The van der Waals surface area contributed by atoms with Crippen LogP contribution in [-0.4, -0.2) is 57.6 Å². The highest BCUT2D eigenvalue weighted by molar-refractivity contribution is 5.93. The zero-order valence-electron chi connectivity index (χ0n) is 16.6. The summed E-state index contributed by atoms with van der Waals surface area (Å²) in [5.41, 5.74) is 2.39. The van der Waals surface area contributed by atoms with E-state index in [9.17, 15) is 4.79 Å². The van der Waals surface area contributed by atoms with Gasteiger partial charge in [-0.15, -0.1) is 10.2 Å². The number of aromatic nitrogens is 3. The lowest BCUT2D eigenvalue weighted by Crippen LogP contribution is -2.59. The number of rotatable bonds is 3. The van der Waals surface area contributed by atoms with Crippen molar-refractivity contribution in [2.45, 2.75) is 19.4 Å². The molecule has 0 aliphatic carbocycles. The van der Waals surface area contributed by atoms with E-state index in [0.717, 1.165) is 37.3 Å². The number of benzene rings is 1. The summed E-state index contributed by atoms with van der Waals surface area (Å²) in [6.45, 7) is 4.29. The van der Waals surface area contributed by atoms with Crippen molar-refractivity contribution in [2.24, 2.45) is 5.41 Å². The van der Waals surface area contributed by atoms with Crippen molar-refractivity contribution in [1.82, 2.24) is 25.0 Å². The molecule has 29 heavy (non-hydrogen) atoms. The molecule has 7 heteroatoms. The third-order valence-electron chi connectivity index (χ3n) is 5.94. The van der Waals surface area contributed by atoms with Gasteiger partial charge in [0.05, 0.1) is 6.04 Å². The van der Waals surface area contributed by atoms with Crippen LogP contribution in [0.1, 0.15) is 34.5 Å². The lowest BCUT2D eigenvalue weighted by Gasteiger charge is -2.47. The van der Waals surface area contributed by atoms with Crippen molar-refractivity contribution in [1.29, 1.82) is 0 Å². The van der Waals surface area contributed by atoms with Crippen molar-refractivity contribution in [3.05, 3.63) is 65.8 Å². The van der Waals surface area contributed by atoms with Crippen LogP contribution in [0.3, 0.4) is 0 Å². The highest BCUT2D eigenvalue weighted by Crippen LogP contribution is 2.47. The fraction of sp³-hybridized carbons (Fsp3) is 0.364. The van der Waals surface area contributed by atoms with Crippen LogP contribution >= 0.6 is 0 Å². The quantitative estimate of drug-likeness (QED) is 0.686. The Bertz CT molecular complexity index is 1040. The number of hydrogen-bond donors (Lipinski definition) is 0. The predicted octanol–water partition coefficient (Wildman–Crippen LogP) is 2.96. The summed E-state index contributed by atoms with van der Waals surface area (Å²) in [5, 5.41) is 8.54. The first-order valence-corrected chi connectivity index (χ1v) is 9.85. The van der Waals surface area contributed by atoms with Gasteiger partial charge in [-0.1, -0.05) is 24.3 Å². The maximum absolute atomic E-state index is 12.7. The summed E-state index contributed by atoms with van der Waals surface area (Å²) < 4.78 is 5.99. The molecule has 4 heterocycles. The van der Waals surface area contributed by atoms with E-state index in [1.165, 1.54) is 0 Å². The molecule has 148 valence electrons. The van der Waals surface area contributed by atoms with Crippen molar-refractivity contribution in [3.63, 3.8) is 0 Å². The molecule has 0 bridgehead atoms. The van der Waals surface area contributed by atoms with Gasteiger partial charge in [-0.3, -0.25) is 9.69 Å². The zero-order chi connectivity index (χ0) is 20.0. The molecule has 0 unspecified atom stereocenters. The van der Waals surface area contributed by atoms with Crippen molar-refractivity contribution >= 4 is 5.91 Å². The smallest absolute Gasteiger partial charge is 0.272 e. The Labute approximate surface area is 169 Å². The molecule has 1 aromatic carbocycles. The fourth-order valence-corrected chi connectivity index (χ4v) is 4.57. The van der Waals surface area contributed by atoms with Crippen LogP contribution in [0.2, 0.25) is 0 Å². The number of nitrogens with zero attached hydrogens (tertiary/aromatic N) is 5. The van der Waals surface area contributed by atoms with E-state index in [-0.39, 0.29) is 17.4 Å². The van der Waals surface area contributed by atoms with Crippen LogP contribution in [0.5, 0.6) is 0 Å². The van der Waals surface area contributed by atoms with E-state index in [1.807, 2.05) is 54.3 Å². The number of aryl methyl sites for hydroxylation is 1. The second-order valence-corrected chi connectivity index (χ2v) is 8.27. The number of carbonyl (C=O) groups excluding carboxylic acids is 1. The van der Waals surface area contributed by atoms with Gasteiger partial charge in [0.15, 0.2) is 0 Å². The Hall–Kier alpha value is -3.06. The first kappa shape index (κ1) is 18.0. The highest BCUT2D eigenvalue weighted by atomic mass is 16.4. The van der Waals surface area contributed by atoms with Gasteiger partial charge in [0.1, 0.15) is 5.69 Å². The molecule has 2 aliphatic rings. The minimum absolute atomic E-state index is 0.00887. The summed E-state index contributed by atoms with van der Waals surface area (Å²) in [4.78, 5) is 21.2. The number of likely N-dealkylation sites (tertiary alicyclic amines) is 2. The number of hydrogen-bond acceptors (Lipinski definition) is 6. The predicted molar refractivity (Wildman–Crippen MR) is 107 cm³/mol. The minimum Gasteiger partial charge on any atom is -0.419 e. The molecule has 5 rings (SSSR count). The third kappa shape index (κ3) is 3.21. The topological polar surface area (TPSA) is 75.4 Å². The molecular formula is C22H23N5O2. The highest BCUT2D eigenvalue weighted by Gasteiger charge is 2.53. The first-order chi connectivity index (χ1) is 14.0. The Morgan fingerprint density at radius 3 is 2.62 bits per heavy atom. The monoisotopic (exact) mass is 389 g/mol. The molecule has 0 radical (unpaired) electrons. The first-order valence-electron chi connectivity index (χ1n) is 9.85. The molecule has 2 aliphatic heterocycles. The van der Waals surface area contributed by atoms with Gasteiger partial charge in [-0.05, 0) is 44.7 Å². The Kier molecular flexibility index (Phi) is 4.20. The number of amides is 1. The third-order valence-corrected chi connectivity index (χ3v) is 5.94. The Morgan fingerprint density at radius 1 is 1.07 bits per heavy atom. The molecule has 2 fully saturated rings. The van der Waals surface area contributed by atoms with Gasteiger partial charge in [0.2, 0.25) is 11.8 Å². The van der Waals surface area contributed by atoms with Crippen molar-refractivity contribution in [3.8, 4) is 11.5 Å². The van der Waals surface area contributed by atoms with E-state index < -0.39 is 0 Å². The molecular weight excluding hydrogens is 366 g/mol. The summed E-state index contributed by atoms with van der Waals surface area (Å²) in [7, 11) is 2.08. The van der Waals surface area contributed by atoms with Gasteiger partial charge in [0.25, 0.3) is 5.91 Å². The standard InChI is InChI=1S/C22H23N5O2/c1-15-7-6-10-17(23-15)21(28)27-13-22(14-27)11-18(26(2)12-22)20-25-24-19(29-20)16-8-4-3-5-9-16/h3-10,18H,11-14H2,1-2H3/t18-/m0/s1.